The Balaban J connectivity index is 1.51. The first-order valence-electron chi connectivity index (χ1n) is 17.7. The van der Waals surface area contributed by atoms with Gasteiger partial charge in [0, 0.05) is 21.8 Å². The number of rotatable bonds is 14. The molecule has 4 aromatic carbocycles. The molecule has 0 radical (unpaired) electrons. The Labute approximate surface area is 292 Å². The number of nitrogens with two attached hydrogens (primary N) is 2. The van der Waals surface area contributed by atoms with Crippen LogP contribution >= 0.6 is 11.3 Å². The zero-order chi connectivity index (χ0) is 34.0. The van der Waals surface area contributed by atoms with E-state index in [0.717, 1.165) is 45.0 Å². The standard InChI is InChI=1S/C45H52N2S/c1-6-7-8-9-10-11-16-34-17-14-20-36(27-34)39-25-32(4)45(33(5)26-39)43(47)29-40(31(2)3)41(30-42(46)44-21-15-24-48-44)38-23-22-35-18-12-13-19-37(35)28-38/h12-15,17-31H,6-11,16,46-47H2,1-5H3/b41-40+,42-30-,43-29-. The molecule has 0 fully saturated rings. The van der Waals surface area contributed by atoms with Crippen LogP contribution in [0.3, 0.4) is 0 Å². The van der Waals surface area contributed by atoms with E-state index in [9.17, 15) is 0 Å². The SMILES string of the molecule is CCCCCCCCc1cccc(-c2cc(C)c(/C(N)=C/C(=C(/C=C(\N)c3cccs3)c3ccc4ccccc4c3)C(C)C)c(C)c2)c1. The summed E-state index contributed by atoms with van der Waals surface area (Å²) in [6.07, 6.45) is 13.4. The fourth-order valence-electron chi connectivity index (χ4n) is 6.76. The van der Waals surface area contributed by atoms with Crippen LogP contribution in [0.1, 0.15) is 92.0 Å². The van der Waals surface area contributed by atoms with E-state index in [1.807, 2.05) is 6.07 Å². The minimum Gasteiger partial charge on any atom is -0.398 e. The Morgan fingerprint density at radius 1 is 0.688 bits per heavy atom. The molecule has 0 atom stereocenters. The van der Waals surface area contributed by atoms with Crippen LogP contribution in [-0.4, -0.2) is 0 Å². The first kappa shape index (κ1) is 35.0. The Morgan fingerprint density at radius 3 is 2.12 bits per heavy atom. The highest BCUT2D eigenvalue weighted by Gasteiger charge is 2.16. The second-order valence-electron chi connectivity index (χ2n) is 13.5. The summed E-state index contributed by atoms with van der Waals surface area (Å²) in [5, 5.41) is 4.49. The molecular weight excluding hydrogens is 601 g/mol. The predicted molar refractivity (Wildman–Crippen MR) is 213 cm³/mol. The maximum absolute atomic E-state index is 7.06. The molecule has 0 aliphatic heterocycles. The first-order valence-corrected chi connectivity index (χ1v) is 18.6. The lowest BCUT2D eigenvalue weighted by Gasteiger charge is -2.18. The maximum atomic E-state index is 7.06. The first-order chi connectivity index (χ1) is 23.2. The van der Waals surface area contributed by atoms with Crippen molar-refractivity contribution in [2.24, 2.45) is 17.4 Å². The molecule has 0 bridgehead atoms. The van der Waals surface area contributed by atoms with Crippen molar-refractivity contribution >= 4 is 39.1 Å². The smallest absolute Gasteiger partial charge is 0.0500 e. The molecule has 0 saturated carbocycles. The summed E-state index contributed by atoms with van der Waals surface area (Å²) in [5.41, 5.74) is 26.1. The molecule has 3 heteroatoms. The zero-order valence-electron chi connectivity index (χ0n) is 29.5. The molecule has 1 aromatic heterocycles. The highest BCUT2D eigenvalue weighted by atomic mass is 32.1. The highest BCUT2D eigenvalue weighted by Crippen LogP contribution is 2.34. The van der Waals surface area contributed by atoms with Gasteiger partial charge >= 0.3 is 0 Å². The number of hydrogen-bond acceptors (Lipinski definition) is 3. The van der Waals surface area contributed by atoms with Crippen LogP contribution in [0.2, 0.25) is 0 Å². The Hall–Kier alpha value is -4.34. The molecule has 0 saturated heterocycles. The second kappa shape index (κ2) is 16.7. The third-order valence-electron chi connectivity index (χ3n) is 9.31. The lowest BCUT2D eigenvalue weighted by Crippen LogP contribution is -2.06. The molecule has 0 spiro atoms. The van der Waals surface area contributed by atoms with Crippen molar-refractivity contribution in [2.45, 2.75) is 79.6 Å². The number of allylic oxidation sites excluding steroid dienone is 4. The van der Waals surface area contributed by atoms with Crippen LogP contribution in [0, 0.1) is 19.8 Å². The van der Waals surface area contributed by atoms with Gasteiger partial charge < -0.3 is 11.5 Å². The van der Waals surface area contributed by atoms with Crippen LogP contribution in [0.4, 0.5) is 0 Å². The number of benzene rings is 4. The second-order valence-corrected chi connectivity index (χ2v) is 14.4. The molecular formula is C45H52N2S. The molecule has 2 nitrogen and oxygen atoms in total. The maximum Gasteiger partial charge on any atom is 0.0500 e. The molecule has 0 amide bonds. The van der Waals surface area contributed by atoms with Crippen molar-refractivity contribution in [1.82, 2.24) is 0 Å². The molecule has 248 valence electrons. The number of thiophene rings is 1. The van der Waals surface area contributed by atoms with Crippen molar-refractivity contribution in [1.29, 1.82) is 0 Å². The lowest BCUT2D eigenvalue weighted by atomic mass is 9.88. The molecule has 48 heavy (non-hydrogen) atoms. The van der Waals surface area contributed by atoms with Crippen molar-refractivity contribution in [3.05, 3.63) is 147 Å². The van der Waals surface area contributed by atoms with E-state index in [0.29, 0.717) is 0 Å². The predicted octanol–water partition coefficient (Wildman–Crippen LogP) is 12.5. The van der Waals surface area contributed by atoms with Gasteiger partial charge in [0.1, 0.15) is 0 Å². The molecule has 0 unspecified atom stereocenters. The Bertz CT molecular complexity index is 1900. The fraction of sp³-hybridized carbons (Fsp3) is 0.289. The van der Waals surface area contributed by atoms with Gasteiger partial charge in [0.2, 0.25) is 0 Å². The van der Waals surface area contributed by atoms with E-state index in [-0.39, 0.29) is 5.92 Å². The van der Waals surface area contributed by atoms with Gasteiger partial charge in [-0.15, -0.1) is 11.3 Å². The van der Waals surface area contributed by atoms with E-state index in [1.165, 1.54) is 77.1 Å². The Morgan fingerprint density at radius 2 is 1.42 bits per heavy atom. The van der Waals surface area contributed by atoms with Gasteiger partial charge in [0.25, 0.3) is 0 Å². The van der Waals surface area contributed by atoms with Gasteiger partial charge in [0.15, 0.2) is 0 Å². The summed E-state index contributed by atoms with van der Waals surface area (Å²) in [7, 11) is 0. The molecule has 4 N–H and O–H groups in total. The third kappa shape index (κ3) is 8.76. The normalized spacial score (nSPS) is 13.0. The van der Waals surface area contributed by atoms with Gasteiger partial charge in [-0.25, -0.2) is 0 Å². The quantitative estimate of drug-likeness (QED) is 0.0926. The number of hydrogen-bond donors (Lipinski definition) is 2. The average molecular weight is 653 g/mol. The van der Waals surface area contributed by atoms with Crippen LogP contribution < -0.4 is 11.5 Å². The van der Waals surface area contributed by atoms with Crippen LogP contribution in [-0.2, 0) is 6.42 Å². The molecule has 5 aromatic rings. The van der Waals surface area contributed by atoms with Crippen LogP contribution in [0.15, 0.2) is 114 Å². The molecule has 0 aliphatic rings. The van der Waals surface area contributed by atoms with Gasteiger partial charge in [-0.2, -0.15) is 0 Å². The van der Waals surface area contributed by atoms with Crippen LogP contribution in [0.25, 0.3) is 38.9 Å². The van der Waals surface area contributed by atoms with Crippen molar-refractivity contribution in [3.8, 4) is 11.1 Å². The topological polar surface area (TPSA) is 52.0 Å². The number of fused-ring (bicyclic) bond motifs is 1. The van der Waals surface area contributed by atoms with Gasteiger partial charge in [0.05, 0.1) is 0 Å². The lowest BCUT2D eigenvalue weighted by molar-refractivity contribution is 0.607. The summed E-state index contributed by atoms with van der Waals surface area (Å²) in [6.45, 7) is 11.1. The van der Waals surface area contributed by atoms with Crippen LogP contribution in [0.5, 0.6) is 0 Å². The monoisotopic (exact) mass is 652 g/mol. The van der Waals surface area contributed by atoms with Crippen molar-refractivity contribution < 1.29 is 0 Å². The minimum absolute atomic E-state index is 0.215. The van der Waals surface area contributed by atoms with Crippen molar-refractivity contribution in [3.63, 3.8) is 0 Å². The summed E-state index contributed by atoms with van der Waals surface area (Å²) in [4.78, 5) is 1.06. The largest absolute Gasteiger partial charge is 0.398 e. The third-order valence-corrected chi connectivity index (χ3v) is 10.2. The molecule has 1 heterocycles. The zero-order valence-corrected chi connectivity index (χ0v) is 30.3. The van der Waals surface area contributed by atoms with E-state index >= 15 is 0 Å². The minimum atomic E-state index is 0.215. The van der Waals surface area contributed by atoms with Gasteiger partial charge in [-0.3, -0.25) is 0 Å². The number of aryl methyl sites for hydroxylation is 3. The summed E-state index contributed by atoms with van der Waals surface area (Å²) in [6, 6.07) is 33.0. The van der Waals surface area contributed by atoms with Crippen molar-refractivity contribution in [2.75, 3.05) is 0 Å². The molecule has 0 aliphatic carbocycles. The summed E-state index contributed by atoms with van der Waals surface area (Å²) < 4.78 is 0. The fourth-order valence-corrected chi connectivity index (χ4v) is 7.41. The van der Waals surface area contributed by atoms with Gasteiger partial charge in [-0.05, 0) is 118 Å². The highest BCUT2D eigenvalue weighted by molar-refractivity contribution is 7.11. The van der Waals surface area contributed by atoms with E-state index in [2.05, 4.69) is 137 Å². The average Bonchev–Trinajstić information content (AvgIpc) is 3.63. The van der Waals surface area contributed by atoms with E-state index < -0.39 is 0 Å². The van der Waals surface area contributed by atoms with Gasteiger partial charge in [-0.1, -0.05) is 132 Å². The summed E-state index contributed by atoms with van der Waals surface area (Å²) in [5.74, 6) is 0.215. The summed E-state index contributed by atoms with van der Waals surface area (Å²) >= 11 is 1.66. The Kier molecular flexibility index (Phi) is 12.1. The van der Waals surface area contributed by atoms with E-state index in [4.69, 9.17) is 11.5 Å². The molecule has 5 rings (SSSR count). The number of unbranched alkanes of at least 4 members (excludes halogenated alkanes) is 5. The van der Waals surface area contributed by atoms with E-state index in [1.54, 1.807) is 11.3 Å².